The number of halogens is 1. The number of aromatic nitrogens is 2. The molecule has 0 aliphatic heterocycles. The Morgan fingerprint density at radius 3 is 3.00 bits per heavy atom. The summed E-state index contributed by atoms with van der Waals surface area (Å²) in [6.07, 6.45) is 1.04. The zero-order valence-corrected chi connectivity index (χ0v) is 12.8. The van der Waals surface area contributed by atoms with E-state index in [1.165, 1.54) is 10.4 Å². The lowest BCUT2D eigenvalue weighted by molar-refractivity contribution is 0.814. The molecule has 0 aliphatic carbocycles. The molecule has 3 rings (SSSR count). The predicted octanol–water partition coefficient (Wildman–Crippen LogP) is 5.02. The molecular weight excluding hydrogens is 296 g/mol. The molecule has 2 nitrogen and oxygen atoms in total. The second-order valence-corrected chi connectivity index (χ2v) is 6.17. The smallest absolute Gasteiger partial charge is 0.178 e. The summed E-state index contributed by atoms with van der Waals surface area (Å²) in [4.78, 5) is 4.56. The van der Waals surface area contributed by atoms with Crippen LogP contribution >= 0.6 is 35.2 Å². The number of para-hydroxylation sites is 1. The van der Waals surface area contributed by atoms with E-state index in [-0.39, 0.29) is 0 Å². The Hall–Kier alpha value is -1.10. The zero-order chi connectivity index (χ0) is 13.4. The van der Waals surface area contributed by atoms with E-state index in [9.17, 15) is 0 Å². The maximum absolute atomic E-state index is 6.31. The van der Waals surface area contributed by atoms with Gasteiger partial charge in [-0.05, 0) is 47.8 Å². The number of H-pyrrole nitrogens is 1. The number of hydrogen-bond acceptors (Lipinski definition) is 2. The molecule has 0 spiro atoms. The number of rotatable bonds is 3. The fraction of sp³-hybridized carbons (Fsp3) is 0.214. The summed E-state index contributed by atoms with van der Waals surface area (Å²) in [6.45, 7) is 2.95. The van der Waals surface area contributed by atoms with Crippen molar-refractivity contribution in [2.75, 3.05) is 0 Å². The highest BCUT2D eigenvalue weighted by molar-refractivity contribution is 7.71. The fourth-order valence-corrected chi connectivity index (χ4v) is 3.80. The molecule has 98 valence electrons. The third-order valence-electron chi connectivity index (χ3n) is 3.26. The molecule has 0 bridgehead atoms. The number of hydrogen-bond donors (Lipinski definition) is 1. The van der Waals surface area contributed by atoms with Crippen LogP contribution in [0.2, 0.25) is 5.02 Å². The van der Waals surface area contributed by atoms with E-state index >= 15 is 0 Å². The van der Waals surface area contributed by atoms with Crippen LogP contribution in [0.15, 0.2) is 29.6 Å². The van der Waals surface area contributed by atoms with Crippen molar-refractivity contribution in [1.82, 2.24) is 9.55 Å². The Balaban J connectivity index is 2.15. The van der Waals surface area contributed by atoms with Crippen molar-refractivity contribution in [3.8, 4) is 0 Å². The monoisotopic (exact) mass is 308 g/mol. The van der Waals surface area contributed by atoms with E-state index in [0.717, 1.165) is 33.8 Å². The van der Waals surface area contributed by atoms with Crippen LogP contribution < -0.4 is 0 Å². The molecule has 2 aromatic heterocycles. The molecular formula is C14H13ClN2S2. The molecule has 0 radical (unpaired) electrons. The number of nitrogens with one attached hydrogen (secondary N) is 1. The normalized spacial score (nSPS) is 11.3. The summed E-state index contributed by atoms with van der Waals surface area (Å²) in [6, 6.07) is 8.02. The first-order valence-corrected chi connectivity index (χ1v) is 7.79. The summed E-state index contributed by atoms with van der Waals surface area (Å²) in [5, 5.41) is 2.87. The van der Waals surface area contributed by atoms with Crippen LogP contribution in [0.5, 0.6) is 0 Å². The van der Waals surface area contributed by atoms with Crippen molar-refractivity contribution in [1.29, 1.82) is 0 Å². The first-order valence-electron chi connectivity index (χ1n) is 6.13. The quantitative estimate of drug-likeness (QED) is 0.673. The van der Waals surface area contributed by atoms with Gasteiger partial charge in [-0.1, -0.05) is 24.6 Å². The second-order valence-electron chi connectivity index (χ2n) is 4.37. The molecule has 1 aromatic carbocycles. The Kier molecular flexibility index (Phi) is 3.48. The number of imidazole rings is 1. The average molecular weight is 309 g/mol. The van der Waals surface area contributed by atoms with E-state index in [4.69, 9.17) is 23.8 Å². The number of aromatic amines is 1. The SMILES string of the molecule is CCc1ccsc1Cn1c(=S)[nH]c2cccc(Cl)c21. The molecule has 19 heavy (non-hydrogen) atoms. The first-order chi connectivity index (χ1) is 9.20. The van der Waals surface area contributed by atoms with Gasteiger partial charge in [0.05, 0.1) is 22.6 Å². The third-order valence-corrected chi connectivity index (χ3v) is 4.84. The van der Waals surface area contributed by atoms with Gasteiger partial charge in [0, 0.05) is 4.88 Å². The number of aryl methyl sites for hydroxylation is 1. The highest BCUT2D eigenvalue weighted by Crippen LogP contribution is 2.26. The summed E-state index contributed by atoms with van der Waals surface area (Å²) in [5.41, 5.74) is 3.37. The molecule has 0 unspecified atom stereocenters. The summed E-state index contributed by atoms with van der Waals surface area (Å²) in [5.74, 6) is 0. The fourth-order valence-electron chi connectivity index (χ4n) is 2.29. The van der Waals surface area contributed by atoms with Crippen molar-refractivity contribution >= 4 is 46.2 Å². The standard InChI is InChI=1S/C14H13ClN2S2/c1-2-9-6-7-19-12(9)8-17-13-10(15)4-3-5-11(13)16-14(17)18/h3-7H,2,8H2,1H3,(H,16,18). The van der Waals surface area contributed by atoms with Crippen LogP contribution in [0.25, 0.3) is 11.0 Å². The average Bonchev–Trinajstić information content (AvgIpc) is 2.96. The molecule has 1 N–H and O–H groups in total. The molecule has 0 atom stereocenters. The van der Waals surface area contributed by atoms with Gasteiger partial charge >= 0.3 is 0 Å². The van der Waals surface area contributed by atoms with Gasteiger partial charge in [0.25, 0.3) is 0 Å². The maximum Gasteiger partial charge on any atom is 0.178 e. The molecule has 0 saturated carbocycles. The van der Waals surface area contributed by atoms with Crippen molar-refractivity contribution in [2.45, 2.75) is 19.9 Å². The van der Waals surface area contributed by atoms with E-state index in [1.807, 2.05) is 18.2 Å². The Labute approximate surface area is 125 Å². The van der Waals surface area contributed by atoms with E-state index in [1.54, 1.807) is 11.3 Å². The van der Waals surface area contributed by atoms with Crippen molar-refractivity contribution in [3.05, 3.63) is 49.9 Å². The van der Waals surface area contributed by atoms with Gasteiger partial charge in [0.1, 0.15) is 0 Å². The van der Waals surface area contributed by atoms with Gasteiger partial charge in [-0.15, -0.1) is 11.3 Å². The lowest BCUT2D eigenvalue weighted by Gasteiger charge is -2.06. The van der Waals surface area contributed by atoms with Crippen LogP contribution in [0.3, 0.4) is 0 Å². The largest absolute Gasteiger partial charge is 0.331 e. The number of nitrogens with zero attached hydrogens (tertiary/aromatic N) is 1. The van der Waals surface area contributed by atoms with Gasteiger partial charge in [-0.2, -0.15) is 0 Å². The maximum atomic E-state index is 6.31. The van der Waals surface area contributed by atoms with Gasteiger partial charge in [0.15, 0.2) is 4.77 Å². The highest BCUT2D eigenvalue weighted by Gasteiger charge is 2.10. The van der Waals surface area contributed by atoms with Crippen molar-refractivity contribution in [2.24, 2.45) is 0 Å². The first kappa shape index (κ1) is 12.9. The van der Waals surface area contributed by atoms with Crippen LogP contribution in [0.4, 0.5) is 0 Å². The minimum Gasteiger partial charge on any atom is -0.331 e. The summed E-state index contributed by atoms with van der Waals surface area (Å²) in [7, 11) is 0. The minimum atomic E-state index is 0.721. The zero-order valence-electron chi connectivity index (χ0n) is 10.4. The Morgan fingerprint density at radius 1 is 1.37 bits per heavy atom. The van der Waals surface area contributed by atoms with Gasteiger partial charge in [-0.3, -0.25) is 0 Å². The van der Waals surface area contributed by atoms with E-state index in [0.29, 0.717) is 0 Å². The Bertz CT molecular complexity index is 782. The molecule has 0 fully saturated rings. The van der Waals surface area contributed by atoms with Crippen molar-refractivity contribution in [3.63, 3.8) is 0 Å². The summed E-state index contributed by atoms with van der Waals surface area (Å²) < 4.78 is 2.80. The van der Waals surface area contributed by atoms with Gasteiger partial charge in [0.2, 0.25) is 0 Å². The van der Waals surface area contributed by atoms with Crippen LogP contribution in [0.1, 0.15) is 17.4 Å². The van der Waals surface area contributed by atoms with E-state index in [2.05, 4.69) is 27.9 Å². The molecule has 5 heteroatoms. The number of benzene rings is 1. The lowest BCUT2D eigenvalue weighted by Crippen LogP contribution is -2.00. The topological polar surface area (TPSA) is 20.7 Å². The summed E-state index contributed by atoms with van der Waals surface area (Å²) >= 11 is 13.5. The molecule has 2 heterocycles. The molecule has 0 saturated heterocycles. The van der Waals surface area contributed by atoms with Crippen LogP contribution in [-0.2, 0) is 13.0 Å². The van der Waals surface area contributed by atoms with Crippen LogP contribution in [0, 0.1) is 4.77 Å². The molecule has 0 aliphatic rings. The third kappa shape index (κ3) is 2.24. The molecule has 3 aromatic rings. The Morgan fingerprint density at radius 2 is 2.21 bits per heavy atom. The van der Waals surface area contributed by atoms with Gasteiger partial charge in [-0.25, -0.2) is 0 Å². The number of thiophene rings is 1. The minimum absolute atomic E-state index is 0.721. The number of fused-ring (bicyclic) bond motifs is 1. The highest BCUT2D eigenvalue weighted by atomic mass is 35.5. The van der Waals surface area contributed by atoms with Crippen molar-refractivity contribution < 1.29 is 0 Å². The predicted molar refractivity (Wildman–Crippen MR) is 84.9 cm³/mol. The second kappa shape index (κ2) is 5.12. The van der Waals surface area contributed by atoms with Crippen LogP contribution in [-0.4, -0.2) is 9.55 Å². The molecule has 0 amide bonds. The lowest BCUT2D eigenvalue weighted by atomic mass is 10.2. The van der Waals surface area contributed by atoms with E-state index < -0.39 is 0 Å². The van der Waals surface area contributed by atoms with Gasteiger partial charge < -0.3 is 9.55 Å².